The molecule has 152 valence electrons. The number of hydrogen-bond acceptors (Lipinski definition) is 6. The van der Waals surface area contributed by atoms with Crippen molar-refractivity contribution in [1.29, 1.82) is 0 Å². The highest BCUT2D eigenvalue weighted by atomic mass is 35.5. The van der Waals surface area contributed by atoms with Crippen molar-refractivity contribution in [3.8, 4) is 5.75 Å². The molecule has 0 bridgehead atoms. The lowest BCUT2D eigenvalue weighted by Gasteiger charge is -2.24. The Morgan fingerprint density at radius 1 is 1.17 bits per heavy atom. The fraction of sp³-hybridized carbons (Fsp3) is 0.350. The molecule has 0 spiro atoms. The molecule has 0 atom stereocenters. The van der Waals surface area contributed by atoms with Crippen molar-refractivity contribution in [2.75, 3.05) is 23.7 Å². The summed E-state index contributed by atoms with van der Waals surface area (Å²) in [5, 5.41) is 21.0. The van der Waals surface area contributed by atoms with E-state index >= 15 is 0 Å². The average Bonchev–Trinajstić information content (AvgIpc) is 2.71. The van der Waals surface area contributed by atoms with E-state index < -0.39 is 4.92 Å². The molecule has 0 unspecified atom stereocenters. The third kappa shape index (κ3) is 4.44. The summed E-state index contributed by atoms with van der Waals surface area (Å²) in [5.41, 5.74) is 2.99. The minimum atomic E-state index is -0.479. The van der Waals surface area contributed by atoms with E-state index in [4.69, 9.17) is 16.3 Å². The standard InChI is InChI=1S/C20H21ClN4O4/c21-15-10-18(25(27)28)19(29-14-5-7-22-8-6-14)11-17(15)23-13-2-3-16-12(9-13)1-4-20(26)24-16/h2-3,9-11,14,22-23H,1,4-8H2,(H,24,26). The van der Waals surface area contributed by atoms with Gasteiger partial charge in [-0.2, -0.15) is 0 Å². The van der Waals surface area contributed by atoms with E-state index in [9.17, 15) is 14.9 Å². The number of amides is 1. The number of aryl methyl sites for hydroxylation is 1. The first-order valence-corrected chi connectivity index (χ1v) is 9.92. The first-order valence-electron chi connectivity index (χ1n) is 9.55. The Morgan fingerprint density at radius 3 is 2.72 bits per heavy atom. The second kappa shape index (κ2) is 8.26. The van der Waals surface area contributed by atoms with Gasteiger partial charge in [-0.25, -0.2) is 0 Å². The summed E-state index contributed by atoms with van der Waals surface area (Å²) in [7, 11) is 0. The molecule has 0 radical (unpaired) electrons. The van der Waals surface area contributed by atoms with E-state index in [2.05, 4.69) is 16.0 Å². The molecule has 2 aliphatic rings. The molecule has 2 aromatic carbocycles. The maximum atomic E-state index is 11.5. The molecular formula is C20H21ClN4O4. The number of nitro benzene ring substituents is 1. The maximum Gasteiger partial charge on any atom is 0.312 e. The van der Waals surface area contributed by atoms with Gasteiger partial charge in [0.15, 0.2) is 5.75 Å². The number of rotatable bonds is 5. The van der Waals surface area contributed by atoms with Crippen LogP contribution in [0, 0.1) is 10.1 Å². The van der Waals surface area contributed by atoms with Gasteiger partial charge in [-0.15, -0.1) is 0 Å². The van der Waals surface area contributed by atoms with Crippen LogP contribution in [0.25, 0.3) is 0 Å². The molecule has 0 aliphatic carbocycles. The number of anilines is 3. The van der Waals surface area contributed by atoms with Crippen LogP contribution in [0.1, 0.15) is 24.8 Å². The SMILES string of the molecule is O=C1CCc2cc(Nc3cc(OC4CCNCC4)c([N+](=O)[O-])cc3Cl)ccc2N1. The fourth-order valence-corrected chi connectivity index (χ4v) is 3.79. The molecule has 2 aliphatic heterocycles. The van der Waals surface area contributed by atoms with Crippen molar-refractivity contribution < 1.29 is 14.5 Å². The zero-order valence-electron chi connectivity index (χ0n) is 15.7. The van der Waals surface area contributed by atoms with Crippen molar-refractivity contribution in [3.63, 3.8) is 0 Å². The molecule has 0 aromatic heterocycles. The normalized spacial score (nSPS) is 16.7. The molecule has 29 heavy (non-hydrogen) atoms. The van der Waals surface area contributed by atoms with Crippen molar-refractivity contribution in [1.82, 2.24) is 5.32 Å². The van der Waals surface area contributed by atoms with E-state index in [1.807, 2.05) is 18.2 Å². The van der Waals surface area contributed by atoms with Gasteiger partial charge in [-0.1, -0.05) is 11.6 Å². The smallest absolute Gasteiger partial charge is 0.312 e. The number of piperidine rings is 1. The molecule has 9 heteroatoms. The van der Waals surface area contributed by atoms with Crippen LogP contribution in [0.15, 0.2) is 30.3 Å². The summed E-state index contributed by atoms with van der Waals surface area (Å²) >= 11 is 6.31. The van der Waals surface area contributed by atoms with Crippen LogP contribution < -0.4 is 20.7 Å². The predicted octanol–water partition coefficient (Wildman–Crippen LogP) is 4.01. The number of carbonyl (C=O) groups is 1. The third-order valence-electron chi connectivity index (χ3n) is 5.10. The molecule has 2 aromatic rings. The number of nitrogens with zero attached hydrogens (tertiary/aromatic N) is 1. The number of carbonyl (C=O) groups excluding carboxylic acids is 1. The Bertz CT molecular complexity index is 960. The fourth-order valence-electron chi connectivity index (χ4n) is 3.59. The van der Waals surface area contributed by atoms with E-state index in [0.717, 1.165) is 42.9 Å². The number of nitro groups is 1. The number of benzene rings is 2. The van der Waals surface area contributed by atoms with Gasteiger partial charge >= 0.3 is 5.69 Å². The molecule has 8 nitrogen and oxygen atoms in total. The highest BCUT2D eigenvalue weighted by Gasteiger charge is 2.24. The van der Waals surface area contributed by atoms with Crippen molar-refractivity contribution >= 4 is 40.3 Å². The topological polar surface area (TPSA) is 106 Å². The van der Waals surface area contributed by atoms with Gasteiger partial charge in [0.05, 0.1) is 15.6 Å². The summed E-state index contributed by atoms with van der Waals surface area (Å²) < 4.78 is 5.96. The number of ether oxygens (including phenoxy) is 1. The number of fused-ring (bicyclic) bond motifs is 1. The second-order valence-electron chi connectivity index (χ2n) is 7.17. The average molecular weight is 417 g/mol. The lowest BCUT2D eigenvalue weighted by molar-refractivity contribution is -0.386. The van der Waals surface area contributed by atoms with Crippen LogP contribution >= 0.6 is 11.6 Å². The molecular weight excluding hydrogens is 396 g/mol. The number of hydrogen-bond donors (Lipinski definition) is 3. The maximum absolute atomic E-state index is 11.5. The second-order valence-corrected chi connectivity index (χ2v) is 7.58. The lowest BCUT2D eigenvalue weighted by Crippen LogP contribution is -2.34. The van der Waals surface area contributed by atoms with E-state index in [-0.39, 0.29) is 28.5 Å². The summed E-state index contributed by atoms with van der Waals surface area (Å²) in [6.07, 6.45) is 2.62. The highest BCUT2D eigenvalue weighted by molar-refractivity contribution is 6.33. The van der Waals surface area contributed by atoms with Crippen molar-refractivity contribution in [3.05, 3.63) is 51.0 Å². The number of halogens is 1. The molecule has 3 N–H and O–H groups in total. The summed E-state index contributed by atoms with van der Waals surface area (Å²) in [4.78, 5) is 22.5. The Morgan fingerprint density at radius 2 is 1.97 bits per heavy atom. The van der Waals surface area contributed by atoms with E-state index in [1.54, 1.807) is 6.07 Å². The minimum absolute atomic E-state index is 0.0105. The summed E-state index contributed by atoms with van der Waals surface area (Å²) in [6.45, 7) is 1.64. The van der Waals surface area contributed by atoms with Gasteiger partial charge in [0.25, 0.3) is 0 Å². The third-order valence-corrected chi connectivity index (χ3v) is 5.42. The molecule has 0 saturated carbocycles. The molecule has 1 saturated heterocycles. The zero-order valence-corrected chi connectivity index (χ0v) is 16.4. The molecule has 1 fully saturated rings. The first kappa shape index (κ1) is 19.5. The van der Waals surface area contributed by atoms with E-state index in [0.29, 0.717) is 18.5 Å². The Hall–Kier alpha value is -2.84. The zero-order chi connectivity index (χ0) is 20.4. The van der Waals surface area contributed by atoms with E-state index in [1.165, 1.54) is 6.07 Å². The first-order chi connectivity index (χ1) is 14.0. The molecule has 2 heterocycles. The van der Waals surface area contributed by atoms with Gasteiger partial charge in [-0.05, 0) is 56.1 Å². The Kier molecular flexibility index (Phi) is 5.55. The number of nitrogens with one attached hydrogen (secondary N) is 3. The van der Waals surface area contributed by atoms with Gasteiger partial charge in [0.2, 0.25) is 5.91 Å². The van der Waals surface area contributed by atoms with Gasteiger partial charge in [0.1, 0.15) is 6.10 Å². The van der Waals surface area contributed by atoms with Crippen LogP contribution in [0.5, 0.6) is 5.75 Å². The van der Waals surface area contributed by atoms with Gasteiger partial charge in [-0.3, -0.25) is 14.9 Å². The Labute approximate surface area is 172 Å². The van der Waals surface area contributed by atoms with Crippen LogP contribution in [-0.2, 0) is 11.2 Å². The van der Waals surface area contributed by atoms with Crippen molar-refractivity contribution in [2.24, 2.45) is 0 Å². The quantitative estimate of drug-likeness (QED) is 0.502. The minimum Gasteiger partial charge on any atom is -0.483 e. The molecule has 1 amide bonds. The largest absolute Gasteiger partial charge is 0.483 e. The predicted molar refractivity (Wildman–Crippen MR) is 111 cm³/mol. The lowest BCUT2D eigenvalue weighted by atomic mass is 10.0. The van der Waals surface area contributed by atoms with Gasteiger partial charge < -0.3 is 20.7 Å². The highest BCUT2D eigenvalue weighted by Crippen LogP contribution is 2.39. The summed E-state index contributed by atoms with van der Waals surface area (Å²) in [5.74, 6) is 0.218. The molecule has 4 rings (SSSR count). The summed E-state index contributed by atoms with van der Waals surface area (Å²) in [6, 6.07) is 8.51. The van der Waals surface area contributed by atoms with Crippen LogP contribution in [0.2, 0.25) is 5.02 Å². The Balaban J connectivity index is 1.60. The van der Waals surface area contributed by atoms with Crippen LogP contribution in [-0.4, -0.2) is 30.0 Å². The van der Waals surface area contributed by atoms with Gasteiger partial charge in [0, 0.05) is 29.9 Å². The van der Waals surface area contributed by atoms with Crippen LogP contribution in [0.4, 0.5) is 22.7 Å². The monoisotopic (exact) mass is 416 g/mol. The van der Waals surface area contributed by atoms with Crippen LogP contribution in [0.3, 0.4) is 0 Å². The van der Waals surface area contributed by atoms with Crippen molar-refractivity contribution in [2.45, 2.75) is 31.8 Å².